The van der Waals surface area contributed by atoms with Crippen LogP contribution in [0.4, 0.5) is 0 Å². The van der Waals surface area contributed by atoms with Gasteiger partial charge in [0.25, 0.3) is 11.5 Å². The van der Waals surface area contributed by atoms with Crippen molar-refractivity contribution < 1.29 is 4.79 Å². The fourth-order valence-electron chi connectivity index (χ4n) is 2.75. The zero-order valence-corrected chi connectivity index (χ0v) is 14.9. The molecule has 2 aromatic carbocycles. The standard InChI is InChI=1S/C20H17N5O2/c1-13-3-7-15(8-4-13)19(26)23-24-12-21-18-17(20(24)27)11-22-25(18)16-9-5-14(2)6-10-16/h3-12H,1-2H3,(H,23,26). The fourth-order valence-corrected chi connectivity index (χ4v) is 2.75. The average Bonchev–Trinajstić information content (AvgIpc) is 3.10. The Morgan fingerprint density at radius 2 is 1.59 bits per heavy atom. The van der Waals surface area contributed by atoms with Crippen LogP contribution >= 0.6 is 0 Å². The molecule has 4 aromatic rings. The van der Waals surface area contributed by atoms with Gasteiger partial charge in [-0.1, -0.05) is 35.4 Å². The molecule has 0 aliphatic carbocycles. The highest BCUT2D eigenvalue weighted by atomic mass is 16.2. The number of benzene rings is 2. The predicted molar refractivity (Wildman–Crippen MR) is 103 cm³/mol. The number of amides is 1. The summed E-state index contributed by atoms with van der Waals surface area (Å²) in [6.07, 6.45) is 2.75. The van der Waals surface area contributed by atoms with Crippen LogP contribution in [0.3, 0.4) is 0 Å². The number of carbonyl (C=O) groups is 1. The van der Waals surface area contributed by atoms with Crippen molar-refractivity contribution in [3.05, 3.63) is 88.1 Å². The van der Waals surface area contributed by atoms with E-state index in [4.69, 9.17) is 0 Å². The van der Waals surface area contributed by atoms with Crippen LogP contribution < -0.4 is 11.0 Å². The van der Waals surface area contributed by atoms with E-state index in [1.807, 2.05) is 50.2 Å². The first-order valence-corrected chi connectivity index (χ1v) is 8.43. The van der Waals surface area contributed by atoms with Crippen LogP contribution in [0.1, 0.15) is 21.5 Å². The van der Waals surface area contributed by atoms with Crippen molar-refractivity contribution in [3.63, 3.8) is 0 Å². The molecular formula is C20H17N5O2. The van der Waals surface area contributed by atoms with Crippen LogP contribution in [0.5, 0.6) is 0 Å². The molecule has 0 saturated carbocycles. The van der Waals surface area contributed by atoms with Crippen molar-refractivity contribution in [3.8, 4) is 5.69 Å². The number of rotatable bonds is 3. The average molecular weight is 359 g/mol. The maximum atomic E-state index is 12.7. The van der Waals surface area contributed by atoms with Crippen LogP contribution in [-0.4, -0.2) is 25.3 Å². The van der Waals surface area contributed by atoms with Gasteiger partial charge in [-0.15, -0.1) is 0 Å². The molecule has 1 N–H and O–H groups in total. The van der Waals surface area contributed by atoms with E-state index < -0.39 is 0 Å². The molecular weight excluding hydrogens is 342 g/mol. The molecule has 0 spiro atoms. The molecule has 4 rings (SSSR count). The third-order valence-electron chi connectivity index (χ3n) is 4.30. The zero-order chi connectivity index (χ0) is 19.0. The molecule has 0 saturated heterocycles. The van der Waals surface area contributed by atoms with E-state index in [0.717, 1.165) is 21.5 Å². The Bertz CT molecular complexity index is 1190. The van der Waals surface area contributed by atoms with Gasteiger partial charge >= 0.3 is 0 Å². The third-order valence-corrected chi connectivity index (χ3v) is 4.30. The molecule has 2 heterocycles. The van der Waals surface area contributed by atoms with E-state index in [9.17, 15) is 9.59 Å². The monoisotopic (exact) mass is 359 g/mol. The number of hydrogen-bond donors (Lipinski definition) is 1. The third kappa shape index (κ3) is 3.10. The number of carbonyl (C=O) groups excluding carboxylic acids is 1. The van der Waals surface area contributed by atoms with Gasteiger partial charge in [-0.2, -0.15) is 5.10 Å². The molecule has 7 nitrogen and oxygen atoms in total. The van der Waals surface area contributed by atoms with E-state index in [1.54, 1.807) is 16.8 Å². The lowest BCUT2D eigenvalue weighted by atomic mass is 10.1. The molecule has 7 heteroatoms. The Morgan fingerprint density at radius 1 is 0.963 bits per heavy atom. The predicted octanol–water partition coefficient (Wildman–Crippen LogP) is 2.58. The summed E-state index contributed by atoms with van der Waals surface area (Å²) < 4.78 is 2.67. The lowest BCUT2D eigenvalue weighted by Gasteiger charge is -2.08. The van der Waals surface area contributed by atoms with Crippen molar-refractivity contribution in [1.29, 1.82) is 0 Å². The second-order valence-electron chi connectivity index (χ2n) is 6.36. The van der Waals surface area contributed by atoms with Crippen LogP contribution in [0.2, 0.25) is 0 Å². The quantitative estimate of drug-likeness (QED) is 0.610. The van der Waals surface area contributed by atoms with Gasteiger partial charge in [0.05, 0.1) is 11.9 Å². The lowest BCUT2D eigenvalue weighted by Crippen LogP contribution is -2.33. The number of hydrogen-bond acceptors (Lipinski definition) is 4. The van der Waals surface area contributed by atoms with Crippen LogP contribution in [-0.2, 0) is 0 Å². The highest BCUT2D eigenvalue weighted by molar-refractivity contribution is 6.00. The Kier molecular flexibility index (Phi) is 4.04. The second-order valence-corrected chi connectivity index (χ2v) is 6.36. The minimum atomic E-state index is -0.390. The summed E-state index contributed by atoms with van der Waals surface area (Å²) in [6, 6.07) is 14.8. The van der Waals surface area contributed by atoms with E-state index >= 15 is 0 Å². The summed E-state index contributed by atoms with van der Waals surface area (Å²) >= 11 is 0. The van der Waals surface area contributed by atoms with Gasteiger partial charge in [-0.25, -0.2) is 14.3 Å². The first-order chi connectivity index (χ1) is 13.0. The molecule has 0 bridgehead atoms. The molecule has 0 fully saturated rings. The smallest absolute Gasteiger partial charge is 0.267 e. The van der Waals surface area contributed by atoms with Gasteiger partial charge in [-0.3, -0.25) is 15.0 Å². The normalized spacial score (nSPS) is 10.9. The summed E-state index contributed by atoms with van der Waals surface area (Å²) in [6.45, 7) is 3.94. The van der Waals surface area contributed by atoms with Gasteiger partial charge in [-0.05, 0) is 38.1 Å². The number of fused-ring (bicyclic) bond motifs is 1. The van der Waals surface area contributed by atoms with Gasteiger partial charge < -0.3 is 0 Å². The number of aryl methyl sites for hydroxylation is 2. The fraction of sp³-hybridized carbons (Fsp3) is 0.100. The topological polar surface area (TPSA) is 81.8 Å². The summed E-state index contributed by atoms with van der Waals surface area (Å²) in [7, 11) is 0. The van der Waals surface area contributed by atoms with Gasteiger partial charge in [0.1, 0.15) is 11.7 Å². The molecule has 134 valence electrons. The van der Waals surface area contributed by atoms with Gasteiger partial charge in [0, 0.05) is 5.56 Å². The molecule has 0 aliphatic heterocycles. The van der Waals surface area contributed by atoms with Gasteiger partial charge in [0.2, 0.25) is 0 Å². The number of nitrogens with zero attached hydrogens (tertiary/aromatic N) is 4. The zero-order valence-electron chi connectivity index (χ0n) is 14.9. The summed E-state index contributed by atoms with van der Waals surface area (Å²) in [5.41, 5.74) is 6.06. The van der Waals surface area contributed by atoms with Crippen molar-refractivity contribution >= 4 is 16.9 Å². The van der Waals surface area contributed by atoms with E-state index in [1.165, 1.54) is 12.5 Å². The molecule has 2 aromatic heterocycles. The maximum absolute atomic E-state index is 12.7. The Hall–Kier alpha value is -3.74. The minimum Gasteiger partial charge on any atom is -0.267 e. The Labute approximate surface area is 154 Å². The molecule has 1 amide bonds. The summed E-state index contributed by atoms with van der Waals surface area (Å²) in [5, 5.41) is 4.59. The Balaban J connectivity index is 1.69. The Morgan fingerprint density at radius 3 is 2.26 bits per heavy atom. The highest BCUT2D eigenvalue weighted by Crippen LogP contribution is 2.14. The van der Waals surface area contributed by atoms with E-state index in [-0.39, 0.29) is 11.5 Å². The number of aromatic nitrogens is 4. The molecule has 0 unspecified atom stereocenters. The highest BCUT2D eigenvalue weighted by Gasteiger charge is 2.13. The van der Waals surface area contributed by atoms with E-state index in [2.05, 4.69) is 15.5 Å². The van der Waals surface area contributed by atoms with Gasteiger partial charge in [0.15, 0.2) is 5.65 Å². The first kappa shape index (κ1) is 16.7. The first-order valence-electron chi connectivity index (χ1n) is 8.43. The molecule has 0 atom stereocenters. The van der Waals surface area contributed by atoms with Crippen molar-refractivity contribution in [2.45, 2.75) is 13.8 Å². The van der Waals surface area contributed by atoms with Crippen LogP contribution in [0.15, 0.2) is 65.8 Å². The van der Waals surface area contributed by atoms with Crippen LogP contribution in [0, 0.1) is 13.8 Å². The lowest BCUT2D eigenvalue weighted by molar-refractivity contribution is 0.101. The van der Waals surface area contributed by atoms with Crippen molar-refractivity contribution in [2.24, 2.45) is 0 Å². The minimum absolute atomic E-state index is 0.322. The molecule has 0 aliphatic rings. The van der Waals surface area contributed by atoms with Crippen molar-refractivity contribution in [1.82, 2.24) is 19.4 Å². The SMILES string of the molecule is Cc1ccc(C(=O)Nn2cnc3c(cnn3-c3ccc(C)cc3)c2=O)cc1. The summed E-state index contributed by atoms with van der Waals surface area (Å²) in [5.74, 6) is -0.385. The molecule has 0 radical (unpaired) electrons. The summed E-state index contributed by atoms with van der Waals surface area (Å²) in [4.78, 5) is 29.4. The maximum Gasteiger partial charge on any atom is 0.283 e. The van der Waals surface area contributed by atoms with Crippen molar-refractivity contribution in [2.75, 3.05) is 5.43 Å². The van der Waals surface area contributed by atoms with Crippen LogP contribution in [0.25, 0.3) is 16.7 Å². The number of nitrogens with one attached hydrogen (secondary N) is 1. The molecule has 27 heavy (non-hydrogen) atoms. The largest absolute Gasteiger partial charge is 0.283 e. The van der Waals surface area contributed by atoms with E-state index in [0.29, 0.717) is 16.6 Å². The second kappa shape index (κ2) is 6.53.